The summed E-state index contributed by atoms with van der Waals surface area (Å²) in [7, 11) is 0. The van der Waals surface area contributed by atoms with Crippen molar-refractivity contribution in [2.75, 3.05) is 26.3 Å². The molecule has 3 heteroatoms. The molecule has 2 fully saturated rings. The third-order valence-electron chi connectivity index (χ3n) is 4.35. The van der Waals surface area contributed by atoms with Crippen LogP contribution in [0.4, 0.5) is 0 Å². The summed E-state index contributed by atoms with van der Waals surface area (Å²) in [4.78, 5) is 0. The van der Waals surface area contributed by atoms with E-state index in [1.54, 1.807) is 0 Å². The Hall–Kier alpha value is -0.120. The quantitative estimate of drug-likeness (QED) is 0.744. The van der Waals surface area contributed by atoms with Crippen LogP contribution in [-0.2, 0) is 4.74 Å². The average Bonchev–Trinajstić information content (AvgIpc) is 2.93. The van der Waals surface area contributed by atoms with E-state index in [1.807, 2.05) is 0 Å². The Balaban J connectivity index is 1.73. The van der Waals surface area contributed by atoms with Crippen LogP contribution in [-0.4, -0.2) is 37.9 Å². The first-order valence-corrected chi connectivity index (χ1v) is 7.30. The molecule has 0 aromatic heterocycles. The topological polar surface area (TPSA) is 33.3 Å². The van der Waals surface area contributed by atoms with Gasteiger partial charge in [-0.25, -0.2) is 0 Å². The van der Waals surface area contributed by atoms with Crippen molar-refractivity contribution >= 4 is 0 Å². The molecule has 17 heavy (non-hydrogen) atoms. The molecular weight excluding hydrogens is 212 g/mol. The lowest BCUT2D eigenvalue weighted by molar-refractivity contribution is 0.180. The van der Waals surface area contributed by atoms with Gasteiger partial charge in [0.1, 0.15) is 0 Å². The second-order valence-corrected chi connectivity index (χ2v) is 6.01. The molecule has 1 aliphatic carbocycles. The molecule has 0 amide bonds. The predicted molar refractivity (Wildman–Crippen MR) is 71.3 cm³/mol. The molecule has 0 aromatic carbocycles. The fourth-order valence-electron chi connectivity index (χ4n) is 3.06. The third kappa shape index (κ3) is 3.67. The highest BCUT2D eigenvalue weighted by molar-refractivity contribution is 4.91. The van der Waals surface area contributed by atoms with Gasteiger partial charge in [-0.15, -0.1) is 0 Å². The normalized spacial score (nSPS) is 32.1. The van der Waals surface area contributed by atoms with Gasteiger partial charge in [-0.1, -0.05) is 19.8 Å². The van der Waals surface area contributed by atoms with Crippen LogP contribution in [0.25, 0.3) is 0 Å². The lowest BCUT2D eigenvalue weighted by atomic mass is 9.97. The van der Waals surface area contributed by atoms with Gasteiger partial charge in [-0.05, 0) is 32.7 Å². The van der Waals surface area contributed by atoms with Crippen LogP contribution in [0.3, 0.4) is 0 Å². The van der Waals surface area contributed by atoms with Crippen molar-refractivity contribution in [2.24, 2.45) is 5.92 Å². The molecule has 2 N–H and O–H groups in total. The van der Waals surface area contributed by atoms with Gasteiger partial charge < -0.3 is 15.4 Å². The van der Waals surface area contributed by atoms with Gasteiger partial charge >= 0.3 is 0 Å². The molecule has 3 nitrogen and oxygen atoms in total. The molecule has 100 valence electrons. The molecule has 2 aliphatic rings. The maximum Gasteiger partial charge on any atom is 0.0623 e. The highest BCUT2D eigenvalue weighted by Gasteiger charge is 2.32. The van der Waals surface area contributed by atoms with Crippen LogP contribution in [0.1, 0.15) is 46.0 Å². The van der Waals surface area contributed by atoms with Gasteiger partial charge in [0.2, 0.25) is 0 Å². The summed E-state index contributed by atoms with van der Waals surface area (Å²) in [6, 6.07) is 0.562. The summed E-state index contributed by atoms with van der Waals surface area (Å²) in [6.07, 6.45) is 6.67. The summed E-state index contributed by atoms with van der Waals surface area (Å²) in [5.41, 5.74) is 0.401. The van der Waals surface area contributed by atoms with Crippen LogP contribution in [0.5, 0.6) is 0 Å². The highest BCUT2D eigenvalue weighted by Crippen LogP contribution is 2.29. The largest absolute Gasteiger partial charge is 0.379 e. The Morgan fingerprint density at radius 3 is 2.71 bits per heavy atom. The van der Waals surface area contributed by atoms with E-state index >= 15 is 0 Å². The fraction of sp³-hybridized carbons (Fsp3) is 1.00. The number of nitrogens with one attached hydrogen (secondary N) is 2. The Bertz CT molecular complexity index is 226. The molecule has 0 spiro atoms. The number of hydrogen-bond donors (Lipinski definition) is 2. The van der Waals surface area contributed by atoms with Gasteiger partial charge in [0.05, 0.1) is 13.2 Å². The van der Waals surface area contributed by atoms with Crippen LogP contribution in [0, 0.1) is 5.92 Å². The molecule has 2 unspecified atom stereocenters. The first kappa shape index (κ1) is 13.3. The highest BCUT2D eigenvalue weighted by atomic mass is 16.5. The van der Waals surface area contributed by atoms with Crippen molar-refractivity contribution in [1.29, 1.82) is 0 Å². The first-order chi connectivity index (χ1) is 8.23. The molecule has 0 aromatic rings. The maximum absolute atomic E-state index is 5.61. The van der Waals surface area contributed by atoms with Crippen molar-refractivity contribution < 1.29 is 4.74 Å². The SMILES string of the molecule is CCCNC1COCC1CNC1(C)CCCC1. The summed E-state index contributed by atoms with van der Waals surface area (Å²) in [6.45, 7) is 8.63. The zero-order chi connectivity index (χ0) is 12.1. The van der Waals surface area contributed by atoms with Crippen LogP contribution >= 0.6 is 0 Å². The van der Waals surface area contributed by atoms with E-state index in [0.717, 1.165) is 26.3 Å². The van der Waals surface area contributed by atoms with E-state index < -0.39 is 0 Å². The van der Waals surface area contributed by atoms with Crippen molar-refractivity contribution in [1.82, 2.24) is 10.6 Å². The fourth-order valence-corrected chi connectivity index (χ4v) is 3.06. The Morgan fingerprint density at radius 2 is 2.00 bits per heavy atom. The molecule has 2 atom stereocenters. The van der Waals surface area contributed by atoms with Gasteiger partial charge in [0.25, 0.3) is 0 Å². The second-order valence-electron chi connectivity index (χ2n) is 6.01. The Morgan fingerprint density at radius 1 is 1.24 bits per heavy atom. The number of hydrogen-bond acceptors (Lipinski definition) is 3. The van der Waals surface area contributed by atoms with Crippen molar-refractivity contribution in [3.05, 3.63) is 0 Å². The summed E-state index contributed by atoms with van der Waals surface area (Å²) < 4.78 is 5.61. The van der Waals surface area contributed by atoms with E-state index in [4.69, 9.17) is 4.74 Å². The van der Waals surface area contributed by atoms with E-state index in [0.29, 0.717) is 17.5 Å². The lowest BCUT2D eigenvalue weighted by Crippen LogP contribution is -2.47. The minimum Gasteiger partial charge on any atom is -0.379 e. The summed E-state index contributed by atoms with van der Waals surface area (Å²) >= 11 is 0. The minimum absolute atomic E-state index is 0.401. The standard InChI is InChI=1S/C14H28N2O/c1-3-8-15-13-11-17-10-12(13)9-16-14(2)6-4-5-7-14/h12-13,15-16H,3-11H2,1-2H3. The zero-order valence-electron chi connectivity index (χ0n) is 11.4. The average molecular weight is 240 g/mol. The molecule has 2 rings (SSSR count). The van der Waals surface area contributed by atoms with E-state index in [-0.39, 0.29) is 0 Å². The van der Waals surface area contributed by atoms with Crippen LogP contribution in [0.15, 0.2) is 0 Å². The smallest absolute Gasteiger partial charge is 0.0623 e. The lowest BCUT2D eigenvalue weighted by Gasteiger charge is -2.29. The molecule has 0 bridgehead atoms. The summed E-state index contributed by atoms with van der Waals surface area (Å²) in [5.74, 6) is 0.652. The van der Waals surface area contributed by atoms with Crippen molar-refractivity contribution in [2.45, 2.75) is 57.5 Å². The third-order valence-corrected chi connectivity index (χ3v) is 4.35. The summed E-state index contributed by atoms with van der Waals surface area (Å²) in [5, 5.41) is 7.39. The molecular formula is C14H28N2O. The van der Waals surface area contributed by atoms with Crippen molar-refractivity contribution in [3.63, 3.8) is 0 Å². The van der Waals surface area contributed by atoms with Crippen molar-refractivity contribution in [3.8, 4) is 0 Å². The van der Waals surface area contributed by atoms with Gasteiger partial charge in [0, 0.05) is 24.0 Å². The van der Waals surface area contributed by atoms with E-state index in [1.165, 1.54) is 32.1 Å². The zero-order valence-corrected chi connectivity index (χ0v) is 11.4. The number of rotatable bonds is 6. The van der Waals surface area contributed by atoms with E-state index in [9.17, 15) is 0 Å². The van der Waals surface area contributed by atoms with Gasteiger partial charge in [-0.3, -0.25) is 0 Å². The molecule has 1 saturated carbocycles. The first-order valence-electron chi connectivity index (χ1n) is 7.30. The van der Waals surface area contributed by atoms with Crippen LogP contribution in [0.2, 0.25) is 0 Å². The van der Waals surface area contributed by atoms with Crippen LogP contribution < -0.4 is 10.6 Å². The van der Waals surface area contributed by atoms with E-state index in [2.05, 4.69) is 24.5 Å². The van der Waals surface area contributed by atoms with Gasteiger partial charge in [-0.2, -0.15) is 0 Å². The monoisotopic (exact) mass is 240 g/mol. The Kier molecular flexibility index (Phi) is 4.83. The molecule has 1 saturated heterocycles. The molecule has 1 heterocycles. The van der Waals surface area contributed by atoms with Gasteiger partial charge in [0.15, 0.2) is 0 Å². The predicted octanol–water partition coefficient (Wildman–Crippen LogP) is 1.92. The minimum atomic E-state index is 0.401. The Labute approximate surface area is 106 Å². The number of ether oxygens (including phenoxy) is 1. The maximum atomic E-state index is 5.61. The second kappa shape index (κ2) is 6.17. The molecule has 1 aliphatic heterocycles. The molecule has 0 radical (unpaired) electrons.